The minimum Gasteiger partial charge on any atom is -0.378 e. The summed E-state index contributed by atoms with van der Waals surface area (Å²) in [6.45, 7) is 6.84. The minimum atomic E-state index is -1.07. The molecule has 0 aliphatic heterocycles. The SMILES string of the molecule is CC(C)OC(O[SiH2]Cc1ccc(F)cc1F)OC(C)C. The van der Waals surface area contributed by atoms with E-state index in [0.717, 1.165) is 6.07 Å². The van der Waals surface area contributed by atoms with Crippen LogP contribution in [-0.4, -0.2) is 28.4 Å². The average Bonchev–Trinajstić information content (AvgIpc) is 2.30. The van der Waals surface area contributed by atoms with Gasteiger partial charge in [0, 0.05) is 6.07 Å². The lowest BCUT2D eigenvalue weighted by molar-refractivity contribution is -0.275. The summed E-state index contributed by atoms with van der Waals surface area (Å²) in [5.41, 5.74) is 0.464. The van der Waals surface area contributed by atoms with Gasteiger partial charge >= 0.3 is 0 Å². The Morgan fingerprint density at radius 3 is 2.15 bits per heavy atom. The van der Waals surface area contributed by atoms with Crippen LogP contribution in [0.5, 0.6) is 0 Å². The third kappa shape index (κ3) is 6.56. The summed E-state index contributed by atoms with van der Waals surface area (Å²) in [6, 6.07) is 4.05. The van der Waals surface area contributed by atoms with Crippen LogP contribution >= 0.6 is 0 Å². The largest absolute Gasteiger partial charge is 0.378 e. The molecule has 0 saturated heterocycles. The molecule has 0 aliphatic rings. The van der Waals surface area contributed by atoms with Gasteiger partial charge < -0.3 is 13.9 Å². The van der Waals surface area contributed by atoms with Crippen molar-refractivity contribution in [3.05, 3.63) is 35.4 Å². The second-order valence-electron chi connectivity index (χ2n) is 5.01. The smallest absolute Gasteiger partial charge is 0.262 e. The first kappa shape index (κ1) is 17.2. The van der Waals surface area contributed by atoms with Crippen molar-refractivity contribution >= 4 is 9.76 Å². The van der Waals surface area contributed by atoms with Crippen molar-refractivity contribution in [1.29, 1.82) is 0 Å². The minimum absolute atomic E-state index is 0.0182. The molecule has 3 nitrogen and oxygen atoms in total. The molecule has 1 aromatic rings. The summed E-state index contributed by atoms with van der Waals surface area (Å²) < 4.78 is 42.8. The van der Waals surface area contributed by atoms with E-state index < -0.39 is 27.9 Å². The normalized spacial score (nSPS) is 12.4. The van der Waals surface area contributed by atoms with Crippen molar-refractivity contribution < 1.29 is 22.7 Å². The molecule has 0 spiro atoms. The van der Waals surface area contributed by atoms with Crippen LogP contribution in [0.1, 0.15) is 33.3 Å². The van der Waals surface area contributed by atoms with Gasteiger partial charge in [0.25, 0.3) is 6.48 Å². The summed E-state index contributed by atoms with van der Waals surface area (Å²) in [6.07, 6.45) is -0.0365. The van der Waals surface area contributed by atoms with Crippen LogP contribution in [0.3, 0.4) is 0 Å². The van der Waals surface area contributed by atoms with Crippen LogP contribution in [0.2, 0.25) is 0 Å². The number of hydrogen-bond donors (Lipinski definition) is 0. The highest BCUT2D eigenvalue weighted by Crippen LogP contribution is 2.11. The molecule has 0 atom stereocenters. The predicted octanol–water partition coefficient (Wildman–Crippen LogP) is 2.70. The molecule has 0 bridgehead atoms. The zero-order chi connectivity index (χ0) is 15.1. The highest BCUT2D eigenvalue weighted by molar-refractivity contribution is 6.26. The van der Waals surface area contributed by atoms with E-state index >= 15 is 0 Å². The highest BCUT2D eigenvalue weighted by atomic mass is 28.2. The molecule has 0 N–H and O–H groups in total. The standard InChI is InChI=1S/C14H22F2O3Si/c1-9(2)17-14(18-10(3)4)19-20-8-11-5-6-12(15)7-13(11)16/h5-7,9-10,14H,8,20H2,1-4H3. The Morgan fingerprint density at radius 2 is 1.65 bits per heavy atom. The lowest BCUT2D eigenvalue weighted by Gasteiger charge is -2.23. The maximum Gasteiger partial charge on any atom is 0.262 e. The molecular formula is C14H22F2O3Si. The molecule has 0 amide bonds. The first-order valence-corrected chi connectivity index (χ1v) is 8.32. The Balaban J connectivity index is 2.46. The van der Waals surface area contributed by atoms with Crippen LogP contribution in [0, 0.1) is 11.6 Å². The Kier molecular flexibility index (Phi) is 7.29. The molecular weight excluding hydrogens is 282 g/mol. The van der Waals surface area contributed by atoms with E-state index in [1.807, 2.05) is 27.7 Å². The van der Waals surface area contributed by atoms with Crippen molar-refractivity contribution in [3.63, 3.8) is 0 Å². The van der Waals surface area contributed by atoms with E-state index in [1.54, 1.807) is 0 Å². The van der Waals surface area contributed by atoms with Gasteiger partial charge in [-0.1, -0.05) is 6.07 Å². The summed E-state index contributed by atoms with van der Waals surface area (Å²) in [5.74, 6) is -1.11. The lowest BCUT2D eigenvalue weighted by atomic mass is 10.2. The maximum atomic E-state index is 13.5. The highest BCUT2D eigenvalue weighted by Gasteiger charge is 2.14. The van der Waals surface area contributed by atoms with Crippen LogP contribution in [0.15, 0.2) is 18.2 Å². The fourth-order valence-corrected chi connectivity index (χ4v) is 2.64. The van der Waals surface area contributed by atoms with E-state index in [0.29, 0.717) is 11.6 Å². The molecule has 0 fully saturated rings. The Bertz CT molecular complexity index is 403. The Hall–Kier alpha value is -0.823. The van der Waals surface area contributed by atoms with Crippen molar-refractivity contribution in [2.24, 2.45) is 0 Å². The molecule has 0 radical (unpaired) electrons. The van der Waals surface area contributed by atoms with Gasteiger partial charge in [-0.25, -0.2) is 8.78 Å². The molecule has 0 aliphatic carbocycles. The van der Waals surface area contributed by atoms with Crippen molar-refractivity contribution in [3.8, 4) is 0 Å². The number of ether oxygens (including phenoxy) is 2. The summed E-state index contributed by atoms with van der Waals surface area (Å²) >= 11 is 0. The second kappa shape index (κ2) is 8.46. The van der Waals surface area contributed by atoms with Gasteiger partial charge in [0.15, 0.2) is 9.76 Å². The van der Waals surface area contributed by atoms with Gasteiger partial charge in [0.1, 0.15) is 11.6 Å². The van der Waals surface area contributed by atoms with Gasteiger partial charge in [-0.3, -0.25) is 0 Å². The Labute approximate surface area is 121 Å². The monoisotopic (exact) mass is 304 g/mol. The van der Waals surface area contributed by atoms with Crippen LogP contribution in [-0.2, 0) is 19.9 Å². The van der Waals surface area contributed by atoms with Gasteiger partial charge in [-0.05, 0) is 45.4 Å². The van der Waals surface area contributed by atoms with E-state index in [-0.39, 0.29) is 12.2 Å². The van der Waals surface area contributed by atoms with Gasteiger partial charge in [-0.15, -0.1) is 0 Å². The third-order valence-corrected chi connectivity index (χ3v) is 3.66. The van der Waals surface area contributed by atoms with Crippen molar-refractivity contribution in [1.82, 2.24) is 0 Å². The summed E-state index contributed by atoms with van der Waals surface area (Å²) in [4.78, 5) is 0. The molecule has 0 saturated carbocycles. The molecule has 1 rings (SSSR count). The molecule has 0 aromatic heterocycles. The van der Waals surface area contributed by atoms with Gasteiger partial charge in [0.05, 0.1) is 12.2 Å². The predicted molar refractivity (Wildman–Crippen MR) is 75.9 cm³/mol. The molecule has 1 aromatic carbocycles. The maximum absolute atomic E-state index is 13.5. The summed E-state index contributed by atoms with van der Waals surface area (Å²) in [5, 5.41) is 0. The van der Waals surface area contributed by atoms with E-state index in [9.17, 15) is 8.78 Å². The fraction of sp³-hybridized carbons (Fsp3) is 0.571. The topological polar surface area (TPSA) is 27.7 Å². The first-order valence-electron chi connectivity index (χ1n) is 6.75. The van der Waals surface area contributed by atoms with Crippen LogP contribution in [0.4, 0.5) is 8.78 Å². The summed E-state index contributed by atoms with van der Waals surface area (Å²) in [7, 11) is -1.07. The average molecular weight is 304 g/mol. The van der Waals surface area contributed by atoms with Crippen molar-refractivity contribution in [2.45, 2.75) is 52.4 Å². The molecule has 6 heteroatoms. The molecule has 0 heterocycles. The number of rotatable bonds is 8. The molecule has 20 heavy (non-hydrogen) atoms. The van der Waals surface area contributed by atoms with E-state index in [1.165, 1.54) is 12.1 Å². The van der Waals surface area contributed by atoms with Gasteiger partial charge in [0.2, 0.25) is 0 Å². The van der Waals surface area contributed by atoms with E-state index in [2.05, 4.69) is 0 Å². The number of hydrogen-bond acceptors (Lipinski definition) is 3. The first-order chi connectivity index (χ1) is 9.38. The van der Waals surface area contributed by atoms with Crippen molar-refractivity contribution in [2.75, 3.05) is 0 Å². The third-order valence-electron chi connectivity index (χ3n) is 2.41. The molecule has 114 valence electrons. The zero-order valence-electron chi connectivity index (χ0n) is 12.4. The zero-order valence-corrected chi connectivity index (χ0v) is 13.8. The lowest BCUT2D eigenvalue weighted by Crippen LogP contribution is -2.29. The Morgan fingerprint density at radius 1 is 1.05 bits per heavy atom. The molecule has 0 unspecified atom stereocenters. The van der Waals surface area contributed by atoms with Crippen LogP contribution in [0.25, 0.3) is 0 Å². The van der Waals surface area contributed by atoms with Gasteiger partial charge in [-0.2, -0.15) is 0 Å². The van der Waals surface area contributed by atoms with E-state index in [4.69, 9.17) is 13.9 Å². The number of benzene rings is 1. The second-order valence-corrected chi connectivity index (χ2v) is 6.26. The number of halogens is 2. The fourth-order valence-electron chi connectivity index (χ4n) is 1.54. The van der Waals surface area contributed by atoms with Crippen LogP contribution < -0.4 is 0 Å². The quantitative estimate of drug-likeness (QED) is 0.546.